The first-order valence-electron chi connectivity index (χ1n) is 7.67. The summed E-state index contributed by atoms with van der Waals surface area (Å²) in [6.45, 7) is 7.81. The molecule has 1 N–H and O–H groups in total. The van der Waals surface area contributed by atoms with E-state index in [4.69, 9.17) is 4.74 Å². The van der Waals surface area contributed by atoms with E-state index in [1.807, 2.05) is 0 Å². The molecule has 0 bridgehead atoms. The second-order valence-corrected chi connectivity index (χ2v) is 6.01. The number of hydrogen-bond acceptors (Lipinski definition) is 2. The molecule has 0 aliphatic carbocycles. The molecule has 1 aliphatic heterocycles. The van der Waals surface area contributed by atoms with E-state index < -0.39 is 0 Å². The van der Waals surface area contributed by atoms with E-state index in [9.17, 15) is 0 Å². The van der Waals surface area contributed by atoms with E-state index in [0.29, 0.717) is 12.1 Å². The molecule has 0 fully saturated rings. The van der Waals surface area contributed by atoms with Crippen LogP contribution in [-0.2, 0) is 6.42 Å². The van der Waals surface area contributed by atoms with Crippen molar-refractivity contribution < 1.29 is 4.74 Å². The van der Waals surface area contributed by atoms with Crippen LogP contribution in [-0.4, -0.2) is 18.7 Å². The Bertz CT molecular complexity index is 364. The third-order valence-corrected chi connectivity index (χ3v) is 3.82. The van der Waals surface area contributed by atoms with Crippen LogP contribution in [0.2, 0.25) is 0 Å². The molecular weight excluding hydrogens is 234 g/mol. The van der Waals surface area contributed by atoms with Crippen molar-refractivity contribution in [3.8, 4) is 5.75 Å². The second-order valence-electron chi connectivity index (χ2n) is 6.01. The first kappa shape index (κ1) is 14.4. The Kier molecular flexibility index (Phi) is 5.26. The van der Waals surface area contributed by atoms with E-state index in [1.165, 1.54) is 24.8 Å². The molecule has 2 atom stereocenters. The van der Waals surface area contributed by atoms with Gasteiger partial charge in [-0.3, -0.25) is 0 Å². The van der Waals surface area contributed by atoms with Crippen LogP contribution in [0.5, 0.6) is 5.75 Å². The van der Waals surface area contributed by atoms with Crippen LogP contribution in [0.1, 0.15) is 45.6 Å². The van der Waals surface area contributed by atoms with E-state index in [2.05, 4.69) is 50.4 Å². The largest absolute Gasteiger partial charge is 0.490 e. The quantitative estimate of drug-likeness (QED) is 0.806. The zero-order valence-corrected chi connectivity index (χ0v) is 12.5. The molecule has 0 spiro atoms. The highest BCUT2D eigenvalue weighted by atomic mass is 16.5. The zero-order chi connectivity index (χ0) is 13.7. The molecule has 2 heteroatoms. The highest BCUT2D eigenvalue weighted by Crippen LogP contribution is 2.31. The lowest BCUT2D eigenvalue weighted by Gasteiger charge is -2.22. The summed E-state index contributed by atoms with van der Waals surface area (Å²) in [7, 11) is 0. The predicted molar refractivity (Wildman–Crippen MR) is 80.7 cm³/mol. The lowest BCUT2D eigenvalue weighted by molar-refractivity contribution is 0.186. The first-order chi connectivity index (χ1) is 9.19. The van der Waals surface area contributed by atoms with Gasteiger partial charge in [0, 0.05) is 12.5 Å². The lowest BCUT2D eigenvalue weighted by Crippen LogP contribution is -2.31. The molecule has 1 aromatic carbocycles. The number of benzene rings is 1. The Morgan fingerprint density at radius 1 is 1.32 bits per heavy atom. The zero-order valence-electron chi connectivity index (χ0n) is 12.5. The Hall–Kier alpha value is -1.02. The SMILES string of the molecule is CCCC(CNC(C)C)CC1Cc2ccccc2O1. The van der Waals surface area contributed by atoms with Gasteiger partial charge in [-0.05, 0) is 36.9 Å². The second kappa shape index (κ2) is 6.95. The normalized spacial score (nSPS) is 19.3. The van der Waals surface area contributed by atoms with Gasteiger partial charge < -0.3 is 10.1 Å². The van der Waals surface area contributed by atoms with Gasteiger partial charge in [-0.1, -0.05) is 45.4 Å². The highest BCUT2D eigenvalue weighted by Gasteiger charge is 2.25. The topological polar surface area (TPSA) is 21.3 Å². The summed E-state index contributed by atoms with van der Waals surface area (Å²) in [5, 5.41) is 3.57. The molecule has 1 heterocycles. The van der Waals surface area contributed by atoms with Crippen LogP contribution in [0.4, 0.5) is 0 Å². The number of fused-ring (bicyclic) bond motifs is 1. The van der Waals surface area contributed by atoms with Gasteiger partial charge in [0.1, 0.15) is 11.9 Å². The van der Waals surface area contributed by atoms with Crippen molar-refractivity contribution in [1.82, 2.24) is 5.32 Å². The van der Waals surface area contributed by atoms with Crippen LogP contribution < -0.4 is 10.1 Å². The van der Waals surface area contributed by atoms with Crippen molar-refractivity contribution >= 4 is 0 Å². The molecule has 0 radical (unpaired) electrons. The van der Waals surface area contributed by atoms with Crippen molar-refractivity contribution in [2.24, 2.45) is 5.92 Å². The molecule has 1 aromatic rings. The molecule has 0 aromatic heterocycles. The standard InChI is InChI=1S/C17H27NO/c1-4-7-14(12-18-13(2)3)10-16-11-15-8-5-6-9-17(15)19-16/h5-6,8-9,13-14,16,18H,4,7,10-12H2,1-3H3. The third-order valence-electron chi connectivity index (χ3n) is 3.82. The summed E-state index contributed by atoms with van der Waals surface area (Å²) in [6, 6.07) is 9.02. The van der Waals surface area contributed by atoms with Crippen LogP contribution in [0.15, 0.2) is 24.3 Å². The highest BCUT2D eigenvalue weighted by molar-refractivity contribution is 5.37. The Morgan fingerprint density at radius 3 is 2.79 bits per heavy atom. The summed E-state index contributed by atoms with van der Waals surface area (Å²) in [4.78, 5) is 0. The van der Waals surface area contributed by atoms with Gasteiger partial charge in [-0.15, -0.1) is 0 Å². The summed E-state index contributed by atoms with van der Waals surface area (Å²) in [6.07, 6.45) is 5.17. The van der Waals surface area contributed by atoms with Crippen LogP contribution in [0.25, 0.3) is 0 Å². The van der Waals surface area contributed by atoms with Crippen LogP contribution in [0, 0.1) is 5.92 Å². The molecule has 106 valence electrons. The maximum Gasteiger partial charge on any atom is 0.123 e. The fourth-order valence-electron chi connectivity index (χ4n) is 2.87. The molecule has 19 heavy (non-hydrogen) atoms. The van der Waals surface area contributed by atoms with Gasteiger partial charge in [-0.25, -0.2) is 0 Å². The minimum absolute atomic E-state index is 0.378. The van der Waals surface area contributed by atoms with Crippen molar-refractivity contribution in [3.05, 3.63) is 29.8 Å². The number of ether oxygens (including phenoxy) is 1. The Balaban J connectivity index is 1.85. The average Bonchev–Trinajstić information content (AvgIpc) is 2.78. The van der Waals surface area contributed by atoms with E-state index in [-0.39, 0.29) is 0 Å². The monoisotopic (exact) mass is 261 g/mol. The van der Waals surface area contributed by atoms with Crippen molar-refractivity contribution in [2.75, 3.05) is 6.54 Å². The molecule has 0 saturated carbocycles. The van der Waals surface area contributed by atoms with Gasteiger partial charge in [-0.2, -0.15) is 0 Å². The summed E-state index contributed by atoms with van der Waals surface area (Å²) >= 11 is 0. The smallest absolute Gasteiger partial charge is 0.123 e. The molecular formula is C17H27NO. The Morgan fingerprint density at radius 2 is 2.11 bits per heavy atom. The van der Waals surface area contributed by atoms with Crippen molar-refractivity contribution in [2.45, 2.75) is 58.6 Å². The van der Waals surface area contributed by atoms with Gasteiger partial charge in [0.25, 0.3) is 0 Å². The maximum absolute atomic E-state index is 6.06. The van der Waals surface area contributed by atoms with Gasteiger partial charge in [0.15, 0.2) is 0 Å². The number of nitrogens with one attached hydrogen (secondary N) is 1. The van der Waals surface area contributed by atoms with Crippen LogP contribution >= 0.6 is 0 Å². The molecule has 2 rings (SSSR count). The van der Waals surface area contributed by atoms with Crippen LogP contribution in [0.3, 0.4) is 0 Å². The summed E-state index contributed by atoms with van der Waals surface area (Å²) in [5.41, 5.74) is 1.37. The van der Waals surface area contributed by atoms with Gasteiger partial charge >= 0.3 is 0 Å². The Labute approximate surface area is 117 Å². The fourth-order valence-corrected chi connectivity index (χ4v) is 2.87. The molecule has 0 saturated heterocycles. The molecule has 0 amide bonds. The fraction of sp³-hybridized carbons (Fsp3) is 0.647. The van der Waals surface area contributed by atoms with Gasteiger partial charge in [0.05, 0.1) is 0 Å². The third kappa shape index (κ3) is 4.24. The molecule has 2 unspecified atom stereocenters. The van der Waals surface area contributed by atoms with Gasteiger partial charge in [0.2, 0.25) is 0 Å². The number of para-hydroxylation sites is 1. The minimum atomic E-state index is 0.378. The number of rotatable bonds is 7. The minimum Gasteiger partial charge on any atom is -0.490 e. The molecule has 2 nitrogen and oxygen atoms in total. The van der Waals surface area contributed by atoms with E-state index in [0.717, 1.165) is 24.6 Å². The average molecular weight is 261 g/mol. The molecule has 1 aliphatic rings. The van der Waals surface area contributed by atoms with Crippen molar-refractivity contribution in [1.29, 1.82) is 0 Å². The lowest BCUT2D eigenvalue weighted by atomic mass is 9.94. The predicted octanol–water partition coefficient (Wildman–Crippen LogP) is 3.79. The van der Waals surface area contributed by atoms with E-state index >= 15 is 0 Å². The summed E-state index contributed by atoms with van der Waals surface area (Å²) < 4.78 is 6.06. The maximum atomic E-state index is 6.06. The summed E-state index contributed by atoms with van der Waals surface area (Å²) in [5.74, 6) is 1.83. The number of hydrogen-bond donors (Lipinski definition) is 1. The van der Waals surface area contributed by atoms with E-state index in [1.54, 1.807) is 0 Å². The van der Waals surface area contributed by atoms with Crippen molar-refractivity contribution in [3.63, 3.8) is 0 Å². The first-order valence-corrected chi connectivity index (χ1v) is 7.67.